The van der Waals surface area contributed by atoms with E-state index in [1.807, 2.05) is 22.9 Å². The van der Waals surface area contributed by atoms with Gasteiger partial charge in [-0.05, 0) is 62.7 Å². The summed E-state index contributed by atoms with van der Waals surface area (Å²) >= 11 is 0. The van der Waals surface area contributed by atoms with Crippen LogP contribution in [0.3, 0.4) is 0 Å². The molecule has 2 N–H and O–H groups in total. The molecule has 9 nitrogen and oxygen atoms in total. The second-order valence-electron chi connectivity index (χ2n) is 8.31. The number of para-hydroxylation sites is 1. The molecule has 1 fully saturated rings. The number of ether oxygens (including phenoxy) is 2. The van der Waals surface area contributed by atoms with Crippen molar-refractivity contribution in [3.05, 3.63) is 29.6 Å². The third-order valence-corrected chi connectivity index (χ3v) is 6.20. The van der Waals surface area contributed by atoms with Gasteiger partial charge in [-0.2, -0.15) is 0 Å². The third-order valence-electron chi connectivity index (χ3n) is 6.20. The van der Waals surface area contributed by atoms with Crippen molar-refractivity contribution in [1.82, 2.24) is 25.1 Å². The number of tetrazole rings is 1. The standard InChI is InChI=1S/C21H32N6O3/c1-6-21(2,3)27-20(23-24-25-27)17(26-12-10-14(11-13-26)19(22)28)15-8-7-9-16(29-4)18(15)30-5/h7-9,14,17H,6,10-13H2,1-5H3,(H2,22,28)/t17-/m0/s1. The van der Waals surface area contributed by atoms with Gasteiger partial charge in [-0.3, -0.25) is 9.69 Å². The molecule has 0 bridgehead atoms. The van der Waals surface area contributed by atoms with Crippen LogP contribution in [0, 0.1) is 5.92 Å². The van der Waals surface area contributed by atoms with E-state index >= 15 is 0 Å². The minimum atomic E-state index is -0.255. The number of nitrogens with zero attached hydrogens (tertiary/aromatic N) is 5. The van der Waals surface area contributed by atoms with E-state index in [2.05, 4.69) is 41.2 Å². The zero-order valence-corrected chi connectivity index (χ0v) is 18.5. The van der Waals surface area contributed by atoms with Crippen LogP contribution < -0.4 is 15.2 Å². The molecule has 1 saturated heterocycles. The lowest BCUT2D eigenvalue weighted by Gasteiger charge is -2.38. The first-order chi connectivity index (χ1) is 14.3. The highest BCUT2D eigenvalue weighted by Gasteiger charge is 2.37. The number of hydrogen-bond donors (Lipinski definition) is 1. The fourth-order valence-corrected chi connectivity index (χ4v) is 4.01. The zero-order chi connectivity index (χ0) is 21.9. The van der Waals surface area contributed by atoms with Crippen LogP contribution in [0.2, 0.25) is 0 Å². The Kier molecular flexibility index (Phi) is 6.60. The van der Waals surface area contributed by atoms with Crippen LogP contribution in [0.1, 0.15) is 57.5 Å². The Bertz CT molecular complexity index is 873. The number of rotatable bonds is 8. The minimum absolute atomic E-state index is 0.0998. The molecular weight excluding hydrogens is 384 g/mol. The number of likely N-dealkylation sites (tertiary alicyclic amines) is 1. The smallest absolute Gasteiger partial charge is 0.220 e. The van der Waals surface area contributed by atoms with Gasteiger partial charge in [0.1, 0.15) is 6.04 Å². The number of amides is 1. The number of carbonyl (C=O) groups is 1. The van der Waals surface area contributed by atoms with E-state index in [0.717, 1.165) is 17.8 Å². The maximum atomic E-state index is 11.7. The van der Waals surface area contributed by atoms with Gasteiger partial charge in [0, 0.05) is 11.5 Å². The first-order valence-electron chi connectivity index (χ1n) is 10.4. The quantitative estimate of drug-likeness (QED) is 0.702. The van der Waals surface area contributed by atoms with Crippen LogP contribution in [0.5, 0.6) is 11.5 Å². The normalized spacial score (nSPS) is 17.0. The Balaban J connectivity index is 2.11. The lowest BCUT2D eigenvalue weighted by molar-refractivity contribution is -0.123. The highest BCUT2D eigenvalue weighted by Crippen LogP contribution is 2.41. The Morgan fingerprint density at radius 2 is 1.97 bits per heavy atom. The number of carbonyl (C=O) groups excluding carboxylic acids is 1. The van der Waals surface area contributed by atoms with Crippen molar-refractivity contribution in [2.45, 2.75) is 51.6 Å². The number of methoxy groups -OCH3 is 2. The maximum Gasteiger partial charge on any atom is 0.220 e. The number of nitrogens with two attached hydrogens (primary N) is 1. The molecule has 0 saturated carbocycles. The highest BCUT2D eigenvalue weighted by atomic mass is 16.5. The molecule has 3 rings (SSSR count). The molecule has 1 aromatic heterocycles. The average Bonchev–Trinajstić information content (AvgIpc) is 3.24. The first kappa shape index (κ1) is 22.0. The maximum absolute atomic E-state index is 11.7. The number of primary amides is 1. The van der Waals surface area contributed by atoms with E-state index < -0.39 is 0 Å². The van der Waals surface area contributed by atoms with Crippen molar-refractivity contribution in [2.24, 2.45) is 11.7 Å². The summed E-state index contributed by atoms with van der Waals surface area (Å²) in [6.45, 7) is 7.76. The van der Waals surface area contributed by atoms with Gasteiger partial charge in [0.15, 0.2) is 17.3 Å². The Hall–Kier alpha value is -2.68. The van der Waals surface area contributed by atoms with Gasteiger partial charge in [-0.15, -0.1) is 5.10 Å². The van der Waals surface area contributed by atoms with Crippen LogP contribution in [-0.2, 0) is 10.3 Å². The van der Waals surface area contributed by atoms with Gasteiger partial charge < -0.3 is 15.2 Å². The average molecular weight is 417 g/mol. The van der Waals surface area contributed by atoms with E-state index in [0.29, 0.717) is 37.4 Å². The first-order valence-corrected chi connectivity index (χ1v) is 10.4. The Morgan fingerprint density at radius 1 is 1.27 bits per heavy atom. The predicted octanol–water partition coefficient (Wildman–Crippen LogP) is 2.12. The molecule has 0 aliphatic carbocycles. The fraction of sp³-hybridized carbons (Fsp3) is 0.619. The van der Waals surface area contributed by atoms with E-state index in [1.54, 1.807) is 14.2 Å². The van der Waals surface area contributed by atoms with Gasteiger partial charge in [-0.25, -0.2) is 4.68 Å². The second-order valence-corrected chi connectivity index (χ2v) is 8.31. The summed E-state index contributed by atoms with van der Waals surface area (Å²) in [5.74, 6) is 1.72. The van der Waals surface area contributed by atoms with Crippen molar-refractivity contribution < 1.29 is 14.3 Å². The molecule has 0 unspecified atom stereocenters. The second kappa shape index (κ2) is 8.99. The predicted molar refractivity (Wildman–Crippen MR) is 112 cm³/mol. The van der Waals surface area contributed by atoms with Crippen LogP contribution in [-0.4, -0.2) is 58.3 Å². The summed E-state index contributed by atoms with van der Waals surface area (Å²) in [6, 6.07) is 5.59. The lowest BCUT2D eigenvalue weighted by Crippen LogP contribution is -2.42. The molecule has 0 radical (unpaired) electrons. The molecule has 2 aromatic rings. The minimum Gasteiger partial charge on any atom is -0.493 e. The monoisotopic (exact) mass is 416 g/mol. The van der Waals surface area contributed by atoms with Crippen molar-refractivity contribution >= 4 is 5.91 Å². The fourth-order valence-electron chi connectivity index (χ4n) is 4.01. The largest absolute Gasteiger partial charge is 0.493 e. The van der Waals surface area contributed by atoms with Gasteiger partial charge in [0.05, 0.1) is 19.8 Å². The molecule has 1 aliphatic heterocycles. The summed E-state index contributed by atoms with van der Waals surface area (Å²) < 4.78 is 13.2. The van der Waals surface area contributed by atoms with Crippen LogP contribution in [0.4, 0.5) is 0 Å². The Morgan fingerprint density at radius 3 is 2.53 bits per heavy atom. The number of aromatic nitrogens is 4. The van der Waals surface area contributed by atoms with E-state index in [4.69, 9.17) is 15.2 Å². The van der Waals surface area contributed by atoms with Crippen molar-refractivity contribution in [1.29, 1.82) is 0 Å². The molecule has 1 amide bonds. The van der Waals surface area contributed by atoms with Gasteiger partial charge in [0.25, 0.3) is 0 Å². The van der Waals surface area contributed by atoms with Gasteiger partial charge in [0.2, 0.25) is 5.91 Å². The lowest BCUT2D eigenvalue weighted by atomic mass is 9.92. The molecule has 1 aliphatic rings. The Labute approximate surface area is 177 Å². The number of hydrogen-bond acceptors (Lipinski definition) is 7. The number of benzene rings is 1. The third kappa shape index (κ3) is 4.12. The highest BCUT2D eigenvalue weighted by molar-refractivity contribution is 5.76. The summed E-state index contributed by atoms with van der Waals surface area (Å²) in [6.07, 6.45) is 2.28. The van der Waals surface area contributed by atoms with Crippen LogP contribution in [0.25, 0.3) is 0 Å². The summed E-state index contributed by atoms with van der Waals surface area (Å²) in [4.78, 5) is 14.0. The molecule has 1 atom stereocenters. The van der Waals surface area contributed by atoms with Crippen molar-refractivity contribution in [3.8, 4) is 11.5 Å². The molecule has 9 heteroatoms. The number of piperidine rings is 1. The van der Waals surface area contributed by atoms with Gasteiger partial charge >= 0.3 is 0 Å². The summed E-state index contributed by atoms with van der Waals surface area (Å²) in [5.41, 5.74) is 6.22. The zero-order valence-electron chi connectivity index (χ0n) is 18.5. The molecule has 1 aromatic carbocycles. The molecule has 0 spiro atoms. The molecule has 164 valence electrons. The summed E-state index contributed by atoms with van der Waals surface area (Å²) in [7, 11) is 3.26. The van der Waals surface area contributed by atoms with Crippen LogP contribution in [0.15, 0.2) is 18.2 Å². The van der Waals surface area contributed by atoms with E-state index in [9.17, 15) is 4.79 Å². The SMILES string of the molecule is CCC(C)(C)n1nnnc1[C@H](c1cccc(OC)c1OC)N1CCC(C(N)=O)CC1. The van der Waals surface area contributed by atoms with Crippen molar-refractivity contribution in [2.75, 3.05) is 27.3 Å². The molecular formula is C21H32N6O3. The summed E-state index contributed by atoms with van der Waals surface area (Å²) in [5, 5.41) is 12.8. The molecule has 2 heterocycles. The van der Waals surface area contributed by atoms with Crippen molar-refractivity contribution in [3.63, 3.8) is 0 Å². The van der Waals surface area contributed by atoms with E-state index in [1.165, 1.54) is 0 Å². The van der Waals surface area contributed by atoms with E-state index in [-0.39, 0.29) is 23.4 Å². The van der Waals surface area contributed by atoms with Crippen LogP contribution >= 0.6 is 0 Å². The molecule has 30 heavy (non-hydrogen) atoms. The van der Waals surface area contributed by atoms with Gasteiger partial charge in [-0.1, -0.05) is 19.1 Å². The topological polar surface area (TPSA) is 108 Å².